The van der Waals surface area contributed by atoms with Crippen molar-refractivity contribution >= 4 is 32.7 Å². The van der Waals surface area contributed by atoms with Crippen LogP contribution in [0.4, 0.5) is 5.13 Å². The van der Waals surface area contributed by atoms with Gasteiger partial charge in [-0.2, -0.15) is 0 Å². The molecule has 0 bridgehead atoms. The molecule has 18 heavy (non-hydrogen) atoms. The highest BCUT2D eigenvalue weighted by atomic mass is 32.1. The molecule has 0 radical (unpaired) electrons. The fraction of sp³-hybridized carbons (Fsp3) is 0.333. The molecule has 0 saturated heterocycles. The van der Waals surface area contributed by atoms with E-state index < -0.39 is 11.6 Å². The molecule has 0 aliphatic rings. The van der Waals surface area contributed by atoms with E-state index in [2.05, 4.69) is 10.3 Å². The molecule has 0 spiro atoms. The van der Waals surface area contributed by atoms with Gasteiger partial charge >= 0.3 is 5.97 Å². The highest BCUT2D eigenvalue weighted by molar-refractivity contribution is 7.22. The smallest absolute Gasteiger partial charge is 0.337 e. The van der Waals surface area contributed by atoms with Gasteiger partial charge in [0.15, 0.2) is 10.7 Å². The number of hydrogen-bond acceptors (Lipinski definition) is 5. The van der Waals surface area contributed by atoms with Crippen molar-refractivity contribution in [3.05, 3.63) is 23.8 Å². The van der Waals surface area contributed by atoms with Gasteiger partial charge in [0.2, 0.25) is 0 Å². The molecule has 1 aromatic carbocycles. The zero-order valence-electron chi connectivity index (χ0n) is 10.1. The van der Waals surface area contributed by atoms with E-state index in [1.54, 1.807) is 0 Å². The number of aliphatic carboxylic acids is 1. The number of nitrogens with zero attached hydrogens (tertiary/aromatic N) is 1. The Morgan fingerprint density at radius 1 is 1.56 bits per heavy atom. The standard InChI is InChI=1S/C12H14N2O3S/c1-7-4-3-5-8-9(7)18-11(14-8)13-6-12(2,17)10(15)16/h3-5,17H,6H2,1-2H3,(H,13,14)(H,15,16). The van der Waals surface area contributed by atoms with E-state index in [-0.39, 0.29) is 6.54 Å². The predicted molar refractivity (Wildman–Crippen MR) is 71.1 cm³/mol. The van der Waals surface area contributed by atoms with Gasteiger partial charge in [0.25, 0.3) is 0 Å². The van der Waals surface area contributed by atoms with Gasteiger partial charge in [-0.15, -0.1) is 0 Å². The van der Waals surface area contributed by atoms with Crippen LogP contribution in [0.3, 0.4) is 0 Å². The largest absolute Gasteiger partial charge is 0.479 e. The highest BCUT2D eigenvalue weighted by Gasteiger charge is 2.29. The molecular weight excluding hydrogens is 252 g/mol. The molecule has 0 aliphatic heterocycles. The molecule has 96 valence electrons. The van der Waals surface area contributed by atoms with Crippen molar-refractivity contribution in [1.29, 1.82) is 0 Å². The summed E-state index contributed by atoms with van der Waals surface area (Å²) in [6.45, 7) is 3.17. The molecule has 0 aliphatic carbocycles. The van der Waals surface area contributed by atoms with Gasteiger partial charge in [-0.05, 0) is 25.5 Å². The number of aliphatic hydroxyl groups is 1. The second-order valence-electron chi connectivity index (χ2n) is 4.37. The van der Waals surface area contributed by atoms with Crippen LogP contribution in [0.1, 0.15) is 12.5 Å². The molecule has 0 fully saturated rings. The van der Waals surface area contributed by atoms with Gasteiger partial charge in [0, 0.05) is 0 Å². The first kappa shape index (κ1) is 12.8. The summed E-state index contributed by atoms with van der Waals surface area (Å²) in [6, 6.07) is 5.83. The lowest BCUT2D eigenvalue weighted by Gasteiger charge is -2.17. The Kier molecular flexibility index (Phi) is 3.23. The fourth-order valence-electron chi connectivity index (χ4n) is 1.49. The number of anilines is 1. The molecule has 1 atom stereocenters. The Balaban J connectivity index is 2.18. The molecule has 2 aromatic rings. The SMILES string of the molecule is Cc1cccc2nc(NCC(C)(O)C(=O)O)sc12. The Morgan fingerprint density at radius 3 is 2.89 bits per heavy atom. The van der Waals surface area contributed by atoms with Crippen molar-refractivity contribution in [1.82, 2.24) is 4.98 Å². The van der Waals surface area contributed by atoms with Gasteiger partial charge in [0.05, 0.1) is 16.8 Å². The van der Waals surface area contributed by atoms with Crippen LogP contribution < -0.4 is 5.32 Å². The number of fused-ring (bicyclic) bond motifs is 1. The Morgan fingerprint density at radius 2 is 2.28 bits per heavy atom. The number of aryl methyl sites for hydroxylation is 1. The normalized spacial score (nSPS) is 14.4. The van der Waals surface area contributed by atoms with E-state index in [1.807, 2.05) is 25.1 Å². The molecular formula is C12H14N2O3S. The summed E-state index contributed by atoms with van der Waals surface area (Å²) in [5.74, 6) is -1.26. The Hall–Kier alpha value is -1.66. The summed E-state index contributed by atoms with van der Waals surface area (Å²) in [5, 5.41) is 21.9. The maximum Gasteiger partial charge on any atom is 0.337 e. The van der Waals surface area contributed by atoms with Crippen molar-refractivity contribution in [2.75, 3.05) is 11.9 Å². The van der Waals surface area contributed by atoms with Gasteiger partial charge in [0.1, 0.15) is 0 Å². The second-order valence-corrected chi connectivity index (χ2v) is 5.37. The van der Waals surface area contributed by atoms with Crippen LogP contribution in [-0.4, -0.2) is 33.3 Å². The summed E-state index contributed by atoms with van der Waals surface area (Å²) in [6.07, 6.45) is 0. The topological polar surface area (TPSA) is 82.5 Å². The van der Waals surface area contributed by atoms with Crippen molar-refractivity contribution in [3.63, 3.8) is 0 Å². The van der Waals surface area contributed by atoms with Crippen molar-refractivity contribution in [2.24, 2.45) is 0 Å². The molecule has 1 heterocycles. The molecule has 1 aromatic heterocycles. The van der Waals surface area contributed by atoms with Gasteiger partial charge < -0.3 is 15.5 Å². The van der Waals surface area contributed by atoms with Crippen LogP contribution in [0.5, 0.6) is 0 Å². The summed E-state index contributed by atoms with van der Waals surface area (Å²) < 4.78 is 1.06. The van der Waals surface area contributed by atoms with Gasteiger partial charge in [-0.1, -0.05) is 23.5 Å². The molecule has 0 saturated carbocycles. The third-order valence-corrected chi connectivity index (χ3v) is 3.82. The van der Waals surface area contributed by atoms with Crippen molar-refractivity contribution in [3.8, 4) is 0 Å². The second kappa shape index (κ2) is 4.55. The minimum Gasteiger partial charge on any atom is -0.479 e. The average molecular weight is 266 g/mol. The number of aromatic nitrogens is 1. The molecule has 2 rings (SSSR count). The number of carboxylic acids is 1. The first-order valence-electron chi connectivity index (χ1n) is 5.46. The van der Waals surface area contributed by atoms with Crippen LogP contribution in [0.25, 0.3) is 10.2 Å². The third-order valence-electron chi connectivity index (χ3n) is 2.66. The van der Waals surface area contributed by atoms with Gasteiger partial charge in [-0.25, -0.2) is 9.78 Å². The number of hydrogen-bond donors (Lipinski definition) is 3. The minimum absolute atomic E-state index is 0.0821. The molecule has 1 unspecified atom stereocenters. The van der Waals surface area contributed by atoms with E-state index in [1.165, 1.54) is 18.3 Å². The summed E-state index contributed by atoms with van der Waals surface area (Å²) in [7, 11) is 0. The van der Waals surface area contributed by atoms with Crippen molar-refractivity contribution < 1.29 is 15.0 Å². The number of rotatable bonds is 4. The lowest BCUT2D eigenvalue weighted by Crippen LogP contribution is -2.41. The summed E-state index contributed by atoms with van der Waals surface area (Å²) in [5.41, 5.74) is 0.202. The van der Waals surface area contributed by atoms with Crippen LogP contribution >= 0.6 is 11.3 Å². The number of carboxylic acid groups (broad SMARTS) is 1. The molecule has 0 amide bonds. The molecule has 5 nitrogen and oxygen atoms in total. The number of carbonyl (C=O) groups is 1. The Labute approximate surface area is 108 Å². The van der Waals surface area contributed by atoms with E-state index >= 15 is 0 Å². The lowest BCUT2D eigenvalue weighted by molar-refractivity contribution is -0.155. The van der Waals surface area contributed by atoms with Crippen LogP contribution in [0.2, 0.25) is 0 Å². The first-order valence-corrected chi connectivity index (χ1v) is 6.27. The minimum atomic E-state index is -1.80. The number of thiazole rings is 1. The van der Waals surface area contributed by atoms with Crippen LogP contribution in [-0.2, 0) is 4.79 Å². The van der Waals surface area contributed by atoms with E-state index in [0.717, 1.165) is 15.8 Å². The number of nitrogens with one attached hydrogen (secondary N) is 1. The maximum absolute atomic E-state index is 10.8. The van der Waals surface area contributed by atoms with Gasteiger partial charge in [-0.3, -0.25) is 0 Å². The summed E-state index contributed by atoms with van der Waals surface area (Å²) in [4.78, 5) is 15.1. The third kappa shape index (κ3) is 2.44. The monoisotopic (exact) mass is 266 g/mol. The predicted octanol–water partition coefficient (Wildman–Crippen LogP) is 1.85. The van der Waals surface area contributed by atoms with Crippen molar-refractivity contribution in [2.45, 2.75) is 19.4 Å². The van der Waals surface area contributed by atoms with E-state index in [9.17, 15) is 9.90 Å². The van der Waals surface area contributed by atoms with Crippen LogP contribution in [0, 0.1) is 6.92 Å². The van der Waals surface area contributed by atoms with Crippen LogP contribution in [0.15, 0.2) is 18.2 Å². The summed E-state index contributed by atoms with van der Waals surface area (Å²) >= 11 is 1.45. The molecule has 6 heteroatoms. The lowest BCUT2D eigenvalue weighted by atomic mass is 10.1. The average Bonchev–Trinajstić information content (AvgIpc) is 2.71. The Bertz CT molecular complexity index is 592. The molecule has 3 N–H and O–H groups in total. The fourth-order valence-corrected chi connectivity index (χ4v) is 2.41. The first-order chi connectivity index (χ1) is 8.40. The zero-order valence-corrected chi connectivity index (χ0v) is 10.9. The quantitative estimate of drug-likeness (QED) is 0.786. The maximum atomic E-state index is 10.8. The highest BCUT2D eigenvalue weighted by Crippen LogP contribution is 2.28. The number of benzene rings is 1. The van der Waals surface area contributed by atoms with E-state index in [4.69, 9.17) is 5.11 Å². The van der Waals surface area contributed by atoms with E-state index in [0.29, 0.717) is 5.13 Å². The zero-order chi connectivity index (χ0) is 13.3.